The fraction of sp³-hybridized carbons (Fsp3) is 0.350. The summed E-state index contributed by atoms with van der Waals surface area (Å²) < 4.78 is 6.26. The zero-order chi connectivity index (χ0) is 15.4. The van der Waals surface area contributed by atoms with E-state index in [1.165, 1.54) is 12.8 Å². The van der Waals surface area contributed by atoms with Gasteiger partial charge in [0, 0.05) is 23.2 Å². The number of hydrogen-bond acceptors (Lipinski definition) is 3. The number of carbonyl (C=O) groups excluding carboxylic acids is 1. The van der Waals surface area contributed by atoms with Crippen molar-refractivity contribution in [2.75, 3.05) is 0 Å². The number of hydrogen-bond donors (Lipinski definition) is 1. The smallest absolute Gasteiger partial charge is 0.194 e. The molecule has 116 valence electrons. The molecular weight excluding hydrogens is 286 g/mol. The number of ether oxygens (including phenoxy) is 1. The van der Waals surface area contributed by atoms with Gasteiger partial charge in [0.15, 0.2) is 5.78 Å². The molecule has 0 saturated carbocycles. The minimum Gasteiger partial charge on any atom is -0.490 e. The Morgan fingerprint density at radius 2 is 1.57 bits per heavy atom. The van der Waals surface area contributed by atoms with E-state index in [4.69, 9.17) is 4.74 Å². The van der Waals surface area contributed by atoms with Gasteiger partial charge in [-0.05, 0) is 55.0 Å². The van der Waals surface area contributed by atoms with Crippen LogP contribution in [0.5, 0.6) is 5.75 Å². The average Bonchev–Trinajstić information content (AvgIpc) is 3.06. The molecule has 2 unspecified atom stereocenters. The minimum atomic E-state index is 0.127. The summed E-state index contributed by atoms with van der Waals surface area (Å²) in [5, 5.41) is 3.64. The van der Waals surface area contributed by atoms with Crippen molar-refractivity contribution >= 4 is 5.78 Å². The van der Waals surface area contributed by atoms with Crippen molar-refractivity contribution in [3.63, 3.8) is 0 Å². The number of piperidine rings is 1. The second kappa shape index (κ2) is 4.93. The van der Waals surface area contributed by atoms with Crippen molar-refractivity contribution in [2.45, 2.75) is 43.9 Å². The van der Waals surface area contributed by atoms with E-state index in [1.807, 2.05) is 42.5 Å². The lowest BCUT2D eigenvalue weighted by molar-refractivity contribution is 0.104. The molecule has 3 heteroatoms. The number of rotatable bonds is 2. The third-order valence-electron chi connectivity index (χ3n) is 5.43. The van der Waals surface area contributed by atoms with Crippen molar-refractivity contribution in [1.29, 1.82) is 0 Å². The Labute approximate surface area is 135 Å². The van der Waals surface area contributed by atoms with E-state index in [9.17, 15) is 4.79 Å². The second-order valence-electron chi connectivity index (χ2n) is 6.93. The molecule has 0 radical (unpaired) electrons. The highest BCUT2D eigenvalue weighted by atomic mass is 16.5. The van der Waals surface area contributed by atoms with Gasteiger partial charge in [-0.3, -0.25) is 4.79 Å². The number of carbonyl (C=O) groups is 1. The maximum absolute atomic E-state index is 12.4. The maximum Gasteiger partial charge on any atom is 0.194 e. The summed E-state index contributed by atoms with van der Waals surface area (Å²) in [7, 11) is 0. The topological polar surface area (TPSA) is 38.3 Å². The fourth-order valence-corrected chi connectivity index (χ4v) is 4.37. The van der Waals surface area contributed by atoms with Crippen molar-refractivity contribution in [3.05, 3.63) is 53.6 Å². The Kier molecular flexibility index (Phi) is 2.86. The van der Waals surface area contributed by atoms with Crippen molar-refractivity contribution in [3.8, 4) is 16.9 Å². The van der Waals surface area contributed by atoms with Crippen LogP contribution in [0, 0.1) is 0 Å². The first-order valence-electron chi connectivity index (χ1n) is 8.49. The van der Waals surface area contributed by atoms with Gasteiger partial charge in [-0.15, -0.1) is 0 Å². The monoisotopic (exact) mass is 305 g/mol. The summed E-state index contributed by atoms with van der Waals surface area (Å²) in [4.78, 5) is 12.4. The first-order valence-corrected chi connectivity index (χ1v) is 8.49. The molecule has 2 aromatic rings. The quantitative estimate of drug-likeness (QED) is 0.787. The molecule has 5 rings (SSSR count). The maximum atomic E-state index is 12.4. The van der Waals surface area contributed by atoms with Crippen LogP contribution in [-0.2, 0) is 0 Å². The van der Waals surface area contributed by atoms with Gasteiger partial charge in [0.2, 0.25) is 0 Å². The third kappa shape index (κ3) is 2.11. The fourth-order valence-electron chi connectivity index (χ4n) is 4.37. The van der Waals surface area contributed by atoms with Crippen LogP contribution >= 0.6 is 0 Å². The van der Waals surface area contributed by atoms with E-state index < -0.39 is 0 Å². The first-order chi connectivity index (χ1) is 11.3. The van der Waals surface area contributed by atoms with E-state index in [0.29, 0.717) is 18.2 Å². The lowest BCUT2D eigenvalue weighted by Gasteiger charge is -2.29. The lowest BCUT2D eigenvalue weighted by atomic mass is 10.0. The minimum absolute atomic E-state index is 0.127. The normalized spacial score (nSPS) is 27.7. The highest BCUT2D eigenvalue weighted by Crippen LogP contribution is 2.39. The van der Waals surface area contributed by atoms with Gasteiger partial charge in [0.25, 0.3) is 0 Å². The predicted octanol–water partition coefficient (Wildman–Crippen LogP) is 3.56. The zero-order valence-electron chi connectivity index (χ0n) is 12.9. The van der Waals surface area contributed by atoms with Gasteiger partial charge < -0.3 is 10.1 Å². The van der Waals surface area contributed by atoms with E-state index in [-0.39, 0.29) is 5.78 Å². The van der Waals surface area contributed by atoms with E-state index in [0.717, 1.165) is 40.8 Å². The molecular formula is C20H19NO2. The van der Waals surface area contributed by atoms with E-state index >= 15 is 0 Å². The standard InChI is InChI=1S/C20H19NO2/c22-20-17-4-2-1-3-16(17)19-11-14(7-8-18(19)20)23-15-9-12-5-6-13(10-15)21-12/h1-4,7-8,11-13,15,21H,5-6,9-10H2. The van der Waals surface area contributed by atoms with Gasteiger partial charge in [-0.1, -0.05) is 24.3 Å². The summed E-state index contributed by atoms with van der Waals surface area (Å²) in [6.07, 6.45) is 5.01. The third-order valence-corrected chi connectivity index (χ3v) is 5.43. The Morgan fingerprint density at radius 1 is 0.870 bits per heavy atom. The van der Waals surface area contributed by atoms with Crippen LogP contribution in [0.25, 0.3) is 11.1 Å². The molecule has 2 heterocycles. The Bertz CT molecular complexity index is 786. The molecule has 2 saturated heterocycles. The molecule has 23 heavy (non-hydrogen) atoms. The van der Waals surface area contributed by atoms with Crippen molar-refractivity contribution in [2.24, 2.45) is 0 Å². The summed E-state index contributed by atoms with van der Waals surface area (Å²) in [5.74, 6) is 1.02. The molecule has 1 aliphatic carbocycles. The van der Waals surface area contributed by atoms with Gasteiger partial charge in [-0.25, -0.2) is 0 Å². The largest absolute Gasteiger partial charge is 0.490 e. The second-order valence-corrected chi connectivity index (χ2v) is 6.93. The molecule has 3 nitrogen and oxygen atoms in total. The van der Waals surface area contributed by atoms with Gasteiger partial charge >= 0.3 is 0 Å². The molecule has 2 fully saturated rings. The molecule has 2 aliphatic heterocycles. The van der Waals surface area contributed by atoms with Crippen LogP contribution in [0.1, 0.15) is 41.6 Å². The van der Waals surface area contributed by atoms with Gasteiger partial charge in [0.05, 0.1) is 0 Å². The molecule has 0 spiro atoms. The average molecular weight is 305 g/mol. The molecule has 2 atom stereocenters. The molecule has 2 bridgehead atoms. The summed E-state index contributed by atoms with van der Waals surface area (Å²) in [5.41, 5.74) is 3.65. The van der Waals surface area contributed by atoms with Crippen molar-refractivity contribution < 1.29 is 9.53 Å². The highest BCUT2D eigenvalue weighted by Gasteiger charge is 2.34. The Morgan fingerprint density at radius 3 is 2.35 bits per heavy atom. The molecule has 0 amide bonds. The van der Waals surface area contributed by atoms with Crippen LogP contribution in [0.15, 0.2) is 42.5 Å². The Hall–Kier alpha value is -2.13. The number of ketones is 1. The molecule has 2 aromatic carbocycles. The molecule has 0 aromatic heterocycles. The number of fused-ring (bicyclic) bond motifs is 5. The summed E-state index contributed by atoms with van der Waals surface area (Å²) >= 11 is 0. The van der Waals surface area contributed by atoms with Crippen LogP contribution in [0.3, 0.4) is 0 Å². The van der Waals surface area contributed by atoms with E-state index in [1.54, 1.807) is 0 Å². The van der Waals surface area contributed by atoms with Crippen LogP contribution in [-0.4, -0.2) is 24.0 Å². The van der Waals surface area contributed by atoms with Crippen LogP contribution in [0.2, 0.25) is 0 Å². The lowest BCUT2D eigenvalue weighted by Crippen LogP contribution is -2.42. The van der Waals surface area contributed by atoms with Gasteiger partial charge in [0.1, 0.15) is 11.9 Å². The van der Waals surface area contributed by atoms with Crippen LogP contribution in [0.4, 0.5) is 0 Å². The Balaban J connectivity index is 1.45. The highest BCUT2D eigenvalue weighted by molar-refractivity contribution is 6.21. The zero-order valence-corrected chi connectivity index (χ0v) is 12.9. The van der Waals surface area contributed by atoms with Crippen molar-refractivity contribution in [1.82, 2.24) is 5.32 Å². The summed E-state index contributed by atoms with van der Waals surface area (Å²) in [6.45, 7) is 0. The molecule has 1 N–H and O–H groups in total. The first kappa shape index (κ1) is 13.3. The number of benzene rings is 2. The predicted molar refractivity (Wildman–Crippen MR) is 88.9 cm³/mol. The van der Waals surface area contributed by atoms with Gasteiger partial charge in [-0.2, -0.15) is 0 Å². The number of nitrogens with one attached hydrogen (secondary N) is 1. The van der Waals surface area contributed by atoms with E-state index in [2.05, 4.69) is 5.32 Å². The molecule has 3 aliphatic rings. The SMILES string of the molecule is O=C1c2ccccc2-c2cc(OC3CC4CCC(C3)N4)ccc21. The summed E-state index contributed by atoms with van der Waals surface area (Å²) in [6, 6.07) is 15.0. The van der Waals surface area contributed by atoms with Crippen LogP contribution < -0.4 is 10.1 Å².